The van der Waals surface area contributed by atoms with Crippen LogP contribution in [0.5, 0.6) is 0 Å². The summed E-state index contributed by atoms with van der Waals surface area (Å²) in [5, 5.41) is 10.7. The fraction of sp³-hybridized carbons (Fsp3) is 0.214. The van der Waals surface area contributed by atoms with Gasteiger partial charge in [-0.3, -0.25) is 4.98 Å². The zero-order chi connectivity index (χ0) is 13.1. The van der Waals surface area contributed by atoms with E-state index in [0.29, 0.717) is 17.0 Å². The molecule has 94 valence electrons. The lowest BCUT2D eigenvalue weighted by atomic mass is 9.98. The van der Waals surface area contributed by atoms with Crippen LogP contribution < -0.4 is 0 Å². The number of aromatic nitrogens is 1. The van der Waals surface area contributed by atoms with Gasteiger partial charge >= 0.3 is 0 Å². The van der Waals surface area contributed by atoms with Gasteiger partial charge < -0.3 is 5.11 Å². The first-order chi connectivity index (χ1) is 8.58. The zero-order valence-electron chi connectivity index (χ0n) is 9.90. The van der Waals surface area contributed by atoms with Gasteiger partial charge in [0.1, 0.15) is 5.82 Å². The third kappa shape index (κ3) is 2.86. The molecule has 0 spiro atoms. The van der Waals surface area contributed by atoms with E-state index < -0.39 is 6.10 Å². The molecule has 2 rings (SSSR count). The third-order valence-electron chi connectivity index (χ3n) is 2.86. The average molecular weight is 266 g/mol. The van der Waals surface area contributed by atoms with Crippen molar-refractivity contribution >= 4 is 11.6 Å². The Hall–Kier alpha value is -1.45. The summed E-state index contributed by atoms with van der Waals surface area (Å²) in [6.45, 7) is 1.77. The highest BCUT2D eigenvalue weighted by atomic mass is 35.5. The van der Waals surface area contributed by atoms with Crippen LogP contribution in [0.25, 0.3) is 0 Å². The molecule has 2 nitrogen and oxygen atoms in total. The van der Waals surface area contributed by atoms with Gasteiger partial charge in [-0.25, -0.2) is 4.39 Å². The molecule has 0 bridgehead atoms. The van der Waals surface area contributed by atoms with Crippen molar-refractivity contribution in [2.75, 3.05) is 0 Å². The molecular weight excluding hydrogens is 253 g/mol. The predicted octanol–water partition coefficient (Wildman–Crippen LogP) is 3.46. The number of rotatable bonds is 3. The molecule has 0 amide bonds. The predicted molar refractivity (Wildman–Crippen MR) is 69.0 cm³/mol. The van der Waals surface area contributed by atoms with Crippen molar-refractivity contribution in [2.24, 2.45) is 0 Å². The molecule has 0 aliphatic heterocycles. The van der Waals surface area contributed by atoms with Crippen molar-refractivity contribution in [3.63, 3.8) is 0 Å². The maximum Gasteiger partial charge on any atom is 0.123 e. The van der Waals surface area contributed by atoms with Gasteiger partial charge in [-0.15, -0.1) is 0 Å². The summed E-state index contributed by atoms with van der Waals surface area (Å²) < 4.78 is 13.0. The highest BCUT2D eigenvalue weighted by Crippen LogP contribution is 2.25. The van der Waals surface area contributed by atoms with Crippen LogP contribution in [0.2, 0.25) is 5.02 Å². The molecule has 18 heavy (non-hydrogen) atoms. The van der Waals surface area contributed by atoms with E-state index in [-0.39, 0.29) is 5.82 Å². The normalized spacial score (nSPS) is 12.4. The van der Waals surface area contributed by atoms with E-state index in [4.69, 9.17) is 11.6 Å². The van der Waals surface area contributed by atoms with Crippen molar-refractivity contribution in [3.05, 3.63) is 64.2 Å². The van der Waals surface area contributed by atoms with Crippen molar-refractivity contribution in [1.29, 1.82) is 0 Å². The summed E-state index contributed by atoms with van der Waals surface area (Å²) in [7, 11) is 0. The Labute approximate surface area is 110 Å². The molecule has 0 saturated heterocycles. The standard InChI is InChI=1S/C14H13ClFNO/c1-9-6-11(16)2-3-12(9)14(18)7-10-4-5-17-8-13(10)15/h2-6,8,14,18H,7H2,1H3. The van der Waals surface area contributed by atoms with Gasteiger partial charge in [0.25, 0.3) is 0 Å². The van der Waals surface area contributed by atoms with Crippen molar-refractivity contribution < 1.29 is 9.50 Å². The molecule has 1 heterocycles. The van der Waals surface area contributed by atoms with Gasteiger partial charge in [-0.1, -0.05) is 17.7 Å². The molecule has 0 aliphatic carbocycles. The molecule has 0 fully saturated rings. The summed E-state index contributed by atoms with van der Waals surface area (Å²) >= 11 is 5.99. The van der Waals surface area contributed by atoms with Gasteiger partial charge in [-0.2, -0.15) is 0 Å². The first kappa shape index (κ1) is 13.0. The molecule has 1 aromatic carbocycles. The quantitative estimate of drug-likeness (QED) is 0.922. The molecule has 0 saturated carbocycles. The topological polar surface area (TPSA) is 33.1 Å². The third-order valence-corrected chi connectivity index (χ3v) is 3.20. The Kier molecular flexibility index (Phi) is 3.94. The highest BCUT2D eigenvalue weighted by Gasteiger charge is 2.13. The highest BCUT2D eigenvalue weighted by molar-refractivity contribution is 6.31. The second-order valence-corrected chi connectivity index (χ2v) is 4.60. The van der Waals surface area contributed by atoms with E-state index in [1.807, 2.05) is 0 Å². The van der Waals surface area contributed by atoms with Crippen LogP contribution in [0, 0.1) is 12.7 Å². The molecule has 1 unspecified atom stereocenters. The second kappa shape index (κ2) is 5.46. The molecule has 1 atom stereocenters. The molecule has 4 heteroatoms. The van der Waals surface area contributed by atoms with Crippen LogP contribution >= 0.6 is 11.6 Å². The molecule has 2 aromatic rings. The molecular formula is C14H13ClFNO. The minimum Gasteiger partial charge on any atom is -0.388 e. The van der Waals surface area contributed by atoms with E-state index in [1.54, 1.807) is 31.5 Å². The number of nitrogens with zero attached hydrogens (tertiary/aromatic N) is 1. The lowest BCUT2D eigenvalue weighted by molar-refractivity contribution is 0.177. The first-order valence-electron chi connectivity index (χ1n) is 5.60. The molecule has 0 radical (unpaired) electrons. The van der Waals surface area contributed by atoms with Crippen LogP contribution in [-0.2, 0) is 6.42 Å². The average Bonchev–Trinajstić information content (AvgIpc) is 2.32. The summed E-state index contributed by atoms with van der Waals surface area (Å²) in [4.78, 5) is 3.89. The number of hydrogen-bond donors (Lipinski definition) is 1. The van der Waals surface area contributed by atoms with Gasteiger partial charge in [0.2, 0.25) is 0 Å². The monoisotopic (exact) mass is 265 g/mol. The van der Waals surface area contributed by atoms with Crippen molar-refractivity contribution in [3.8, 4) is 0 Å². The van der Waals surface area contributed by atoms with E-state index in [9.17, 15) is 9.50 Å². The molecule has 1 N–H and O–H groups in total. The molecule has 0 aliphatic rings. The van der Waals surface area contributed by atoms with Crippen LogP contribution in [0.1, 0.15) is 22.8 Å². The fourth-order valence-corrected chi connectivity index (χ4v) is 2.10. The Morgan fingerprint density at radius 1 is 1.39 bits per heavy atom. The summed E-state index contributed by atoms with van der Waals surface area (Å²) in [5.74, 6) is -0.301. The fourth-order valence-electron chi connectivity index (χ4n) is 1.90. The Morgan fingerprint density at radius 2 is 2.17 bits per heavy atom. The number of aryl methyl sites for hydroxylation is 1. The number of halogens is 2. The lowest BCUT2D eigenvalue weighted by Crippen LogP contribution is -2.04. The smallest absolute Gasteiger partial charge is 0.123 e. The first-order valence-corrected chi connectivity index (χ1v) is 5.98. The maximum atomic E-state index is 13.0. The van der Waals surface area contributed by atoms with E-state index >= 15 is 0 Å². The minimum absolute atomic E-state index is 0.301. The number of aliphatic hydroxyl groups excluding tert-OH is 1. The largest absolute Gasteiger partial charge is 0.388 e. The van der Waals surface area contributed by atoms with Gasteiger partial charge in [-0.05, 0) is 41.8 Å². The Morgan fingerprint density at radius 3 is 2.83 bits per heavy atom. The summed E-state index contributed by atoms with van der Waals surface area (Å²) in [6, 6.07) is 6.13. The van der Waals surface area contributed by atoms with Gasteiger partial charge in [0.05, 0.1) is 11.1 Å². The number of hydrogen-bond acceptors (Lipinski definition) is 2. The summed E-state index contributed by atoms with van der Waals surface area (Å²) in [5.41, 5.74) is 2.26. The summed E-state index contributed by atoms with van der Waals surface area (Å²) in [6.07, 6.45) is 2.85. The number of aliphatic hydroxyl groups is 1. The second-order valence-electron chi connectivity index (χ2n) is 4.19. The van der Waals surface area contributed by atoms with E-state index in [2.05, 4.69) is 4.98 Å². The van der Waals surface area contributed by atoms with Crippen molar-refractivity contribution in [2.45, 2.75) is 19.4 Å². The van der Waals surface area contributed by atoms with E-state index in [0.717, 1.165) is 11.1 Å². The van der Waals surface area contributed by atoms with Crippen LogP contribution in [0.3, 0.4) is 0 Å². The zero-order valence-corrected chi connectivity index (χ0v) is 10.7. The Balaban J connectivity index is 2.22. The number of benzene rings is 1. The van der Waals surface area contributed by atoms with Gasteiger partial charge in [0, 0.05) is 18.8 Å². The SMILES string of the molecule is Cc1cc(F)ccc1C(O)Cc1ccncc1Cl. The van der Waals surface area contributed by atoms with Crippen LogP contribution in [0.4, 0.5) is 4.39 Å². The Bertz CT molecular complexity index is 559. The maximum absolute atomic E-state index is 13.0. The lowest BCUT2D eigenvalue weighted by Gasteiger charge is -2.14. The minimum atomic E-state index is -0.703. The van der Waals surface area contributed by atoms with Crippen molar-refractivity contribution in [1.82, 2.24) is 4.98 Å². The van der Waals surface area contributed by atoms with Gasteiger partial charge in [0.15, 0.2) is 0 Å². The molecule has 1 aromatic heterocycles. The number of pyridine rings is 1. The van der Waals surface area contributed by atoms with Crippen LogP contribution in [0.15, 0.2) is 36.7 Å². The van der Waals surface area contributed by atoms with Crippen LogP contribution in [-0.4, -0.2) is 10.1 Å². The van der Waals surface area contributed by atoms with E-state index in [1.165, 1.54) is 12.1 Å².